The Bertz CT molecular complexity index is 2840. The van der Waals surface area contributed by atoms with Gasteiger partial charge in [0.05, 0.1) is 16.7 Å². The molecule has 4 heteroatoms. The van der Waals surface area contributed by atoms with Crippen LogP contribution < -0.4 is 0 Å². The van der Waals surface area contributed by atoms with Gasteiger partial charge < -0.3 is 4.57 Å². The molecule has 0 radical (unpaired) electrons. The SMILES string of the molecule is c1ccc2cc3c(cc2c1)c1ccc2ccccc2c1n3-c1ccc(-c2nc(-c3cccc4ccccc34)c3cccnc3n2)cc1. The van der Waals surface area contributed by atoms with Gasteiger partial charge in [0.2, 0.25) is 0 Å². The Kier molecular flexibility index (Phi) is 5.54. The van der Waals surface area contributed by atoms with E-state index in [-0.39, 0.29) is 0 Å². The maximum atomic E-state index is 5.20. The highest BCUT2D eigenvalue weighted by Crippen LogP contribution is 2.39. The molecule has 0 fully saturated rings. The fourth-order valence-corrected chi connectivity index (χ4v) is 7.22. The Balaban J connectivity index is 1.19. The second kappa shape index (κ2) is 10.1. The van der Waals surface area contributed by atoms with Gasteiger partial charge in [-0.3, -0.25) is 0 Å². The molecule has 0 saturated carbocycles. The maximum Gasteiger partial charge on any atom is 0.163 e. The summed E-state index contributed by atoms with van der Waals surface area (Å²) in [4.78, 5) is 14.8. The average molecular weight is 599 g/mol. The first kappa shape index (κ1) is 25.9. The van der Waals surface area contributed by atoms with Crippen molar-refractivity contribution >= 4 is 65.2 Å². The van der Waals surface area contributed by atoms with E-state index in [0.717, 1.165) is 33.3 Å². The van der Waals surface area contributed by atoms with Gasteiger partial charge in [0.1, 0.15) is 0 Å². The molecule has 0 amide bonds. The third-order valence-corrected chi connectivity index (χ3v) is 9.42. The first-order chi connectivity index (χ1) is 23.3. The van der Waals surface area contributed by atoms with E-state index in [0.29, 0.717) is 11.5 Å². The largest absolute Gasteiger partial charge is 0.309 e. The Labute approximate surface area is 270 Å². The molecule has 218 valence electrons. The normalized spacial score (nSPS) is 11.8. The van der Waals surface area contributed by atoms with Crippen LogP contribution in [-0.2, 0) is 0 Å². The van der Waals surface area contributed by atoms with E-state index in [1.807, 2.05) is 6.07 Å². The predicted molar refractivity (Wildman–Crippen MR) is 195 cm³/mol. The van der Waals surface area contributed by atoms with Gasteiger partial charge in [-0.05, 0) is 75.5 Å². The highest BCUT2D eigenvalue weighted by Gasteiger charge is 2.18. The second-order valence-corrected chi connectivity index (χ2v) is 12.1. The zero-order valence-electron chi connectivity index (χ0n) is 25.3. The molecule has 0 spiro atoms. The van der Waals surface area contributed by atoms with Gasteiger partial charge in [0, 0.05) is 44.6 Å². The first-order valence-electron chi connectivity index (χ1n) is 15.9. The minimum Gasteiger partial charge on any atom is -0.309 e. The minimum absolute atomic E-state index is 0.657. The molecule has 0 bridgehead atoms. The van der Waals surface area contributed by atoms with Crippen LogP contribution in [0, 0.1) is 0 Å². The van der Waals surface area contributed by atoms with Gasteiger partial charge in [-0.25, -0.2) is 15.0 Å². The molecule has 0 aliphatic carbocycles. The van der Waals surface area contributed by atoms with Gasteiger partial charge in [-0.15, -0.1) is 0 Å². The van der Waals surface area contributed by atoms with E-state index < -0.39 is 0 Å². The lowest BCUT2D eigenvalue weighted by Crippen LogP contribution is -1.98. The van der Waals surface area contributed by atoms with Crippen LogP contribution in [0.4, 0.5) is 0 Å². The summed E-state index contributed by atoms with van der Waals surface area (Å²) in [6, 6.07) is 53.9. The number of pyridine rings is 1. The predicted octanol–water partition coefficient (Wildman–Crippen LogP) is 10.9. The monoisotopic (exact) mass is 598 g/mol. The number of hydrogen-bond acceptors (Lipinski definition) is 3. The van der Waals surface area contributed by atoms with Crippen LogP contribution in [0.2, 0.25) is 0 Å². The van der Waals surface area contributed by atoms with Crippen LogP contribution >= 0.6 is 0 Å². The lowest BCUT2D eigenvalue weighted by molar-refractivity contribution is 1.17. The highest BCUT2D eigenvalue weighted by atomic mass is 15.0. The van der Waals surface area contributed by atoms with Crippen LogP contribution in [-0.4, -0.2) is 19.5 Å². The summed E-state index contributed by atoms with van der Waals surface area (Å²) in [5.74, 6) is 0.657. The Hall–Kier alpha value is -6.39. The fraction of sp³-hybridized carbons (Fsp3) is 0. The van der Waals surface area contributed by atoms with E-state index in [9.17, 15) is 0 Å². The minimum atomic E-state index is 0.657. The van der Waals surface area contributed by atoms with Gasteiger partial charge >= 0.3 is 0 Å². The van der Waals surface area contributed by atoms with Gasteiger partial charge in [0.15, 0.2) is 11.5 Å². The molecule has 47 heavy (non-hydrogen) atoms. The number of hydrogen-bond donors (Lipinski definition) is 0. The second-order valence-electron chi connectivity index (χ2n) is 12.1. The molecule has 3 aromatic heterocycles. The van der Waals surface area contributed by atoms with E-state index in [1.54, 1.807) is 6.20 Å². The lowest BCUT2D eigenvalue weighted by Gasteiger charge is -2.13. The molecule has 3 heterocycles. The van der Waals surface area contributed by atoms with Crippen molar-refractivity contribution in [2.75, 3.05) is 0 Å². The molecule has 0 N–H and O–H groups in total. The smallest absolute Gasteiger partial charge is 0.163 e. The van der Waals surface area contributed by atoms with Crippen molar-refractivity contribution in [3.63, 3.8) is 0 Å². The Morgan fingerprint density at radius 1 is 0.447 bits per heavy atom. The van der Waals surface area contributed by atoms with Crippen molar-refractivity contribution < 1.29 is 0 Å². The van der Waals surface area contributed by atoms with E-state index in [2.05, 4.69) is 155 Å². The zero-order valence-corrected chi connectivity index (χ0v) is 25.3. The molecule has 0 aliphatic heterocycles. The van der Waals surface area contributed by atoms with Crippen molar-refractivity contribution in [2.24, 2.45) is 0 Å². The van der Waals surface area contributed by atoms with Gasteiger partial charge in [0.25, 0.3) is 0 Å². The summed E-state index contributed by atoms with van der Waals surface area (Å²) in [5, 5.41) is 10.7. The summed E-state index contributed by atoms with van der Waals surface area (Å²) in [5.41, 5.74) is 7.08. The topological polar surface area (TPSA) is 43.6 Å². The van der Waals surface area contributed by atoms with Crippen LogP contribution in [0.1, 0.15) is 0 Å². The molecule has 0 aliphatic rings. The fourth-order valence-electron chi connectivity index (χ4n) is 7.22. The van der Waals surface area contributed by atoms with E-state index in [1.165, 1.54) is 48.7 Å². The van der Waals surface area contributed by atoms with Gasteiger partial charge in [-0.2, -0.15) is 0 Å². The summed E-state index contributed by atoms with van der Waals surface area (Å²) in [7, 11) is 0. The van der Waals surface area contributed by atoms with Crippen LogP contribution in [0.15, 0.2) is 158 Å². The first-order valence-corrected chi connectivity index (χ1v) is 15.9. The molecule has 10 aromatic rings. The molecular formula is C43H26N4. The van der Waals surface area contributed by atoms with Gasteiger partial charge in [-0.1, -0.05) is 103 Å². The molecular weight excluding hydrogens is 573 g/mol. The number of aromatic nitrogens is 4. The van der Waals surface area contributed by atoms with Crippen molar-refractivity contribution in [1.29, 1.82) is 0 Å². The molecule has 0 saturated heterocycles. The Morgan fingerprint density at radius 3 is 1.96 bits per heavy atom. The van der Waals surface area contributed by atoms with Crippen LogP contribution in [0.25, 0.3) is 93.5 Å². The van der Waals surface area contributed by atoms with Crippen LogP contribution in [0.5, 0.6) is 0 Å². The molecule has 0 unspecified atom stereocenters. The summed E-state index contributed by atoms with van der Waals surface area (Å²) in [6.45, 7) is 0. The standard InChI is InChI=1S/C43H26N4/c1-2-12-31-26-39-38(25-30(31)11-1)36-23-20-28-10-4-6-15-34(28)41(36)47(39)32-21-18-29(19-22-32)42-45-40(37-17-8-24-44-43(37)46-42)35-16-7-13-27-9-3-5-14-33(27)35/h1-26H. The third-order valence-electron chi connectivity index (χ3n) is 9.42. The van der Waals surface area contributed by atoms with Crippen molar-refractivity contribution in [3.8, 4) is 28.3 Å². The van der Waals surface area contributed by atoms with Crippen LogP contribution in [0.3, 0.4) is 0 Å². The number of benzene rings is 7. The molecule has 4 nitrogen and oxygen atoms in total. The summed E-state index contributed by atoms with van der Waals surface area (Å²) >= 11 is 0. The van der Waals surface area contributed by atoms with Crippen molar-refractivity contribution in [2.45, 2.75) is 0 Å². The average Bonchev–Trinajstić information content (AvgIpc) is 3.47. The molecule has 7 aromatic carbocycles. The van der Waals surface area contributed by atoms with E-state index in [4.69, 9.17) is 9.97 Å². The summed E-state index contributed by atoms with van der Waals surface area (Å²) < 4.78 is 2.41. The third kappa shape index (κ3) is 3.98. The zero-order chi connectivity index (χ0) is 30.9. The summed E-state index contributed by atoms with van der Waals surface area (Å²) in [6.07, 6.45) is 1.80. The quantitative estimate of drug-likeness (QED) is 0.203. The van der Waals surface area contributed by atoms with Crippen molar-refractivity contribution in [3.05, 3.63) is 158 Å². The van der Waals surface area contributed by atoms with Crippen molar-refractivity contribution in [1.82, 2.24) is 19.5 Å². The molecule has 0 atom stereocenters. The highest BCUT2D eigenvalue weighted by molar-refractivity contribution is 6.20. The molecule has 10 rings (SSSR count). The number of rotatable bonds is 3. The number of nitrogens with zero attached hydrogens (tertiary/aromatic N) is 4. The maximum absolute atomic E-state index is 5.20. The van der Waals surface area contributed by atoms with E-state index >= 15 is 0 Å². The number of fused-ring (bicyclic) bond motifs is 8. The lowest BCUT2D eigenvalue weighted by atomic mass is 10.00. The Morgan fingerprint density at radius 2 is 1.13 bits per heavy atom.